The third-order valence-electron chi connectivity index (χ3n) is 3.38. The molecular formula is C17H18F2N2O2. The number of urea groups is 1. The number of anilines is 1. The van der Waals surface area contributed by atoms with Crippen LogP contribution in [0.15, 0.2) is 36.4 Å². The molecule has 0 aliphatic heterocycles. The molecule has 0 heterocycles. The van der Waals surface area contributed by atoms with Crippen molar-refractivity contribution in [2.24, 2.45) is 0 Å². The Morgan fingerprint density at radius 3 is 2.57 bits per heavy atom. The van der Waals surface area contributed by atoms with E-state index in [0.29, 0.717) is 11.8 Å². The molecule has 2 amide bonds. The molecule has 0 fully saturated rings. The predicted molar refractivity (Wildman–Crippen MR) is 84.7 cm³/mol. The zero-order chi connectivity index (χ0) is 17.0. The van der Waals surface area contributed by atoms with Gasteiger partial charge < -0.3 is 15.4 Å². The zero-order valence-electron chi connectivity index (χ0n) is 13.1. The highest BCUT2D eigenvalue weighted by Gasteiger charge is 2.15. The van der Waals surface area contributed by atoms with Gasteiger partial charge in [0, 0.05) is 11.6 Å². The zero-order valence-corrected chi connectivity index (χ0v) is 13.1. The van der Waals surface area contributed by atoms with Crippen molar-refractivity contribution in [1.29, 1.82) is 0 Å². The van der Waals surface area contributed by atoms with Gasteiger partial charge in [-0.3, -0.25) is 0 Å². The molecule has 0 saturated carbocycles. The van der Waals surface area contributed by atoms with Gasteiger partial charge >= 0.3 is 6.03 Å². The van der Waals surface area contributed by atoms with Crippen LogP contribution < -0.4 is 15.4 Å². The van der Waals surface area contributed by atoms with Gasteiger partial charge in [-0.1, -0.05) is 17.7 Å². The van der Waals surface area contributed by atoms with E-state index >= 15 is 0 Å². The second-order valence-electron chi connectivity index (χ2n) is 5.19. The number of methoxy groups -OCH3 is 1. The van der Waals surface area contributed by atoms with Gasteiger partial charge in [0.2, 0.25) is 0 Å². The Morgan fingerprint density at radius 2 is 1.91 bits per heavy atom. The first-order valence-corrected chi connectivity index (χ1v) is 7.08. The van der Waals surface area contributed by atoms with Crippen LogP contribution in [0.5, 0.6) is 5.75 Å². The Kier molecular flexibility index (Phi) is 5.16. The minimum absolute atomic E-state index is 0.0905. The summed E-state index contributed by atoms with van der Waals surface area (Å²) in [7, 11) is 1.55. The number of nitrogens with one attached hydrogen (secondary N) is 2. The topological polar surface area (TPSA) is 50.4 Å². The minimum Gasteiger partial charge on any atom is -0.496 e. The summed E-state index contributed by atoms with van der Waals surface area (Å²) in [5.41, 5.74) is 1.74. The lowest BCUT2D eigenvalue weighted by Crippen LogP contribution is -2.31. The fourth-order valence-electron chi connectivity index (χ4n) is 2.22. The number of aryl methyl sites for hydroxylation is 1. The number of amides is 2. The molecule has 0 bridgehead atoms. The quantitative estimate of drug-likeness (QED) is 0.888. The average Bonchev–Trinajstić information content (AvgIpc) is 2.50. The largest absolute Gasteiger partial charge is 0.496 e. The third kappa shape index (κ3) is 4.18. The van der Waals surface area contributed by atoms with E-state index in [1.54, 1.807) is 14.0 Å². The molecule has 0 aliphatic carbocycles. The molecule has 0 aliphatic rings. The summed E-state index contributed by atoms with van der Waals surface area (Å²) in [6.45, 7) is 3.72. The summed E-state index contributed by atoms with van der Waals surface area (Å²) in [5, 5.41) is 5.06. The summed E-state index contributed by atoms with van der Waals surface area (Å²) in [5.74, 6) is -0.886. The number of halogens is 2. The highest BCUT2D eigenvalue weighted by Crippen LogP contribution is 2.26. The molecule has 122 valence electrons. The molecule has 0 saturated heterocycles. The molecule has 0 aromatic heterocycles. The van der Waals surface area contributed by atoms with Gasteiger partial charge in [0.1, 0.15) is 17.4 Å². The van der Waals surface area contributed by atoms with Gasteiger partial charge in [-0.2, -0.15) is 0 Å². The number of hydrogen-bond donors (Lipinski definition) is 2. The number of carbonyl (C=O) groups excluding carboxylic acids is 1. The van der Waals surface area contributed by atoms with Crippen molar-refractivity contribution in [1.82, 2.24) is 5.32 Å². The molecule has 4 nitrogen and oxygen atoms in total. The number of ether oxygens (including phenoxy) is 1. The standard InChI is InChI=1S/C17H18F2N2O2/c1-10-4-7-16(23-3)13(8-10)11(2)20-17(22)21-15-6-5-12(18)9-14(15)19/h4-9,11H,1-3H3,(H2,20,21,22). The first-order chi connectivity index (χ1) is 10.9. The van der Waals surface area contributed by atoms with E-state index in [-0.39, 0.29) is 11.7 Å². The van der Waals surface area contributed by atoms with Gasteiger partial charge in [-0.15, -0.1) is 0 Å². The van der Waals surface area contributed by atoms with Gasteiger partial charge in [0.25, 0.3) is 0 Å². The van der Waals surface area contributed by atoms with Crippen LogP contribution in [0.2, 0.25) is 0 Å². The Bertz CT molecular complexity index is 720. The van der Waals surface area contributed by atoms with Crippen LogP contribution in [-0.2, 0) is 0 Å². The van der Waals surface area contributed by atoms with Crippen molar-refractivity contribution in [2.75, 3.05) is 12.4 Å². The molecule has 2 aromatic carbocycles. The van der Waals surface area contributed by atoms with Crippen molar-refractivity contribution < 1.29 is 18.3 Å². The van der Waals surface area contributed by atoms with Gasteiger partial charge in [-0.25, -0.2) is 13.6 Å². The molecular weight excluding hydrogens is 302 g/mol. The second kappa shape index (κ2) is 7.09. The van der Waals surface area contributed by atoms with E-state index < -0.39 is 17.7 Å². The van der Waals surface area contributed by atoms with Crippen LogP contribution in [0.1, 0.15) is 24.1 Å². The van der Waals surface area contributed by atoms with Crippen LogP contribution in [0.3, 0.4) is 0 Å². The van der Waals surface area contributed by atoms with Crippen LogP contribution in [-0.4, -0.2) is 13.1 Å². The summed E-state index contributed by atoms with van der Waals surface area (Å²) >= 11 is 0. The maximum absolute atomic E-state index is 13.5. The van der Waals surface area contributed by atoms with E-state index in [9.17, 15) is 13.6 Å². The lowest BCUT2D eigenvalue weighted by molar-refractivity contribution is 0.249. The lowest BCUT2D eigenvalue weighted by Gasteiger charge is -2.18. The number of carbonyl (C=O) groups is 1. The van der Waals surface area contributed by atoms with Crippen LogP contribution >= 0.6 is 0 Å². The van der Waals surface area contributed by atoms with Crippen LogP contribution in [0.4, 0.5) is 19.3 Å². The van der Waals surface area contributed by atoms with Gasteiger partial charge in [-0.05, 0) is 32.0 Å². The predicted octanol–water partition coefficient (Wildman–Crippen LogP) is 4.16. The Hall–Kier alpha value is -2.63. The van der Waals surface area contributed by atoms with Crippen molar-refractivity contribution >= 4 is 11.7 Å². The maximum atomic E-state index is 13.5. The summed E-state index contributed by atoms with van der Waals surface area (Å²) < 4.78 is 31.7. The summed E-state index contributed by atoms with van der Waals surface area (Å²) in [6.07, 6.45) is 0. The van der Waals surface area contributed by atoms with Crippen molar-refractivity contribution in [3.63, 3.8) is 0 Å². The molecule has 2 N–H and O–H groups in total. The van der Waals surface area contributed by atoms with E-state index in [2.05, 4.69) is 10.6 Å². The van der Waals surface area contributed by atoms with E-state index in [4.69, 9.17) is 4.74 Å². The molecule has 0 spiro atoms. The molecule has 1 unspecified atom stereocenters. The Labute approximate surface area is 133 Å². The SMILES string of the molecule is COc1ccc(C)cc1C(C)NC(=O)Nc1ccc(F)cc1F. The van der Waals surface area contributed by atoms with E-state index in [1.165, 1.54) is 6.07 Å². The average molecular weight is 320 g/mol. The molecule has 23 heavy (non-hydrogen) atoms. The van der Waals surface area contributed by atoms with Crippen molar-refractivity contribution in [3.8, 4) is 5.75 Å². The number of hydrogen-bond acceptors (Lipinski definition) is 2. The highest BCUT2D eigenvalue weighted by molar-refractivity contribution is 5.89. The first kappa shape index (κ1) is 16.7. The fraction of sp³-hybridized carbons (Fsp3) is 0.235. The lowest BCUT2D eigenvalue weighted by atomic mass is 10.0. The van der Waals surface area contributed by atoms with Crippen LogP contribution in [0.25, 0.3) is 0 Å². The minimum atomic E-state index is -0.832. The molecule has 2 rings (SSSR count). The second-order valence-corrected chi connectivity index (χ2v) is 5.19. The fourth-order valence-corrected chi connectivity index (χ4v) is 2.22. The van der Waals surface area contributed by atoms with Crippen LogP contribution in [0, 0.1) is 18.6 Å². The third-order valence-corrected chi connectivity index (χ3v) is 3.38. The van der Waals surface area contributed by atoms with E-state index in [0.717, 1.165) is 17.2 Å². The molecule has 1 atom stereocenters. The molecule has 2 aromatic rings. The normalized spacial score (nSPS) is 11.7. The maximum Gasteiger partial charge on any atom is 0.319 e. The van der Waals surface area contributed by atoms with Gasteiger partial charge in [0.05, 0.1) is 18.8 Å². The van der Waals surface area contributed by atoms with Gasteiger partial charge in [0.15, 0.2) is 0 Å². The number of rotatable bonds is 4. The monoisotopic (exact) mass is 320 g/mol. The Balaban J connectivity index is 2.09. The molecule has 6 heteroatoms. The summed E-state index contributed by atoms with van der Waals surface area (Å²) in [4.78, 5) is 12.0. The van der Waals surface area contributed by atoms with E-state index in [1.807, 2.05) is 25.1 Å². The first-order valence-electron chi connectivity index (χ1n) is 7.08. The number of benzene rings is 2. The summed E-state index contributed by atoms with van der Waals surface area (Å²) in [6, 6.07) is 7.64. The van der Waals surface area contributed by atoms with Crippen molar-refractivity contribution in [3.05, 3.63) is 59.2 Å². The smallest absolute Gasteiger partial charge is 0.319 e. The Morgan fingerprint density at radius 1 is 1.17 bits per heavy atom. The van der Waals surface area contributed by atoms with Crippen molar-refractivity contribution in [2.45, 2.75) is 19.9 Å². The highest BCUT2D eigenvalue weighted by atomic mass is 19.1. The molecule has 0 radical (unpaired) electrons.